The molecule has 106 valence electrons. The lowest BCUT2D eigenvalue weighted by atomic mass is 10.1. The monoisotopic (exact) mass is 271 g/mol. The van der Waals surface area contributed by atoms with Gasteiger partial charge in [-0.25, -0.2) is 0 Å². The molecule has 0 aliphatic rings. The Bertz CT molecular complexity index is 609. The number of ether oxygens (including phenoxy) is 1. The lowest BCUT2D eigenvalue weighted by Gasteiger charge is -2.14. The molecule has 1 aromatic carbocycles. The molecule has 0 saturated heterocycles. The number of hydrogen-bond acceptors (Lipinski definition) is 4. The Labute approximate surface area is 120 Å². The van der Waals surface area contributed by atoms with Crippen LogP contribution < -0.4 is 15.8 Å². The van der Waals surface area contributed by atoms with Crippen molar-refractivity contribution < 1.29 is 4.74 Å². The highest BCUT2D eigenvalue weighted by Crippen LogP contribution is 2.26. The summed E-state index contributed by atoms with van der Waals surface area (Å²) in [6, 6.07) is 9.80. The van der Waals surface area contributed by atoms with E-state index in [4.69, 9.17) is 10.5 Å². The molecule has 0 bridgehead atoms. The SMILES string of the molecule is Cc1cccc(Nc2ccc(N)c(OC(C)C)n2)c1C. The van der Waals surface area contributed by atoms with Gasteiger partial charge in [0, 0.05) is 5.69 Å². The summed E-state index contributed by atoms with van der Waals surface area (Å²) < 4.78 is 5.60. The Morgan fingerprint density at radius 1 is 1.15 bits per heavy atom. The molecule has 0 unspecified atom stereocenters. The lowest BCUT2D eigenvalue weighted by molar-refractivity contribution is 0.234. The minimum absolute atomic E-state index is 0.0424. The molecule has 0 aliphatic carbocycles. The topological polar surface area (TPSA) is 60.2 Å². The third kappa shape index (κ3) is 3.20. The number of aromatic nitrogens is 1. The zero-order chi connectivity index (χ0) is 14.7. The summed E-state index contributed by atoms with van der Waals surface area (Å²) in [7, 11) is 0. The van der Waals surface area contributed by atoms with Crippen LogP contribution in [0.3, 0.4) is 0 Å². The molecule has 4 nitrogen and oxygen atoms in total. The molecule has 0 aliphatic heterocycles. The van der Waals surface area contributed by atoms with E-state index in [9.17, 15) is 0 Å². The predicted octanol–water partition coefficient (Wildman–Crippen LogP) is 3.81. The van der Waals surface area contributed by atoms with Gasteiger partial charge in [0.1, 0.15) is 5.82 Å². The van der Waals surface area contributed by atoms with Crippen LogP contribution in [0.5, 0.6) is 5.88 Å². The number of nitrogens with two attached hydrogens (primary N) is 1. The molecule has 0 amide bonds. The maximum absolute atomic E-state index is 5.87. The molecule has 0 atom stereocenters. The van der Waals surface area contributed by atoms with Gasteiger partial charge in [-0.15, -0.1) is 0 Å². The maximum atomic E-state index is 5.87. The molecule has 1 heterocycles. The number of nitrogens with one attached hydrogen (secondary N) is 1. The third-order valence-electron chi connectivity index (χ3n) is 3.10. The number of nitrogen functional groups attached to an aromatic ring is 1. The van der Waals surface area contributed by atoms with Crippen LogP contribution in [0.4, 0.5) is 17.2 Å². The van der Waals surface area contributed by atoms with Crippen LogP contribution in [0.1, 0.15) is 25.0 Å². The highest BCUT2D eigenvalue weighted by atomic mass is 16.5. The summed E-state index contributed by atoms with van der Waals surface area (Å²) in [5.41, 5.74) is 9.90. The van der Waals surface area contributed by atoms with Gasteiger partial charge in [-0.05, 0) is 57.0 Å². The van der Waals surface area contributed by atoms with Crippen LogP contribution in [-0.2, 0) is 0 Å². The van der Waals surface area contributed by atoms with E-state index in [0.29, 0.717) is 11.6 Å². The van der Waals surface area contributed by atoms with E-state index >= 15 is 0 Å². The van der Waals surface area contributed by atoms with Crippen LogP contribution in [0.25, 0.3) is 0 Å². The number of hydrogen-bond donors (Lipinski definition) is 2. The molecule has 0 fully saturated rings. The van der Waals surface area contributed by atoms with Crippen LogP contribution in [0, 0.1) is 13.8 Å². The smallest absolute Gasteiger partial charge is 0.239 e. The summed E-state index contributed by atoms with van der Waals surface area (Å²) >= 11 is 0. The largest absolute Gasteiger partial charge is 0.473 e. The van der Waals surface area contributed by atoms with Crippen LogP contribution in [-0.4, -0.2) is 11.1 Å². The standard InChI is InChI=1S/C16H21N3O/c1-10(2)20-16-13(17)8-9-15(19-16)18-14-7-5-6-11(3)12(14)4/h5-10H,17H2,1-4H3,(H,18,19). The molecular formula is C16H21N3O. The molecule has 2 aromatic rings. The minimum Gasteiger partial charge on any atom is -0.473 e. The predicted molar refractivity (Wildman–Crippen MR) is 83.6 cm³/mol. The van der Waals surface area contributed by atoms with E-state index in [1.807, 2.05) is 32.0 Å². The van der Waals surface area contributed by atoms with E-state index in [1.54, 1.807) is 6.07 Å². The quantitative estimate of drug-likeness (QED) is 0.887. The Hall–Kier alpha value is -2.23. The van der Waals surface area contributed by atoms with Gasteiger partial charge in [0.2, 0.25) is 5.88 Å². The van der Waals surface area contributed by atoms with Gasteiger partial charge in [-0.2, -0.15) is 4.98 Å². The molecule has 3 N–H and O–H groups in total. The van der Waals surface area contributed by atoms with Gasteiger partial charge < -0.3 is 15.8 Å². The van der Waals surface area contributed by atoms with Crippen LogP contribution in [0.15, 0.2) is 30.3 Å². The number of rotatable bonds is 4. The summed E-state index contributed by atoms with van der Waals surface area (Å²) in [6.07, 6.45) is 0.0424. The molecule has 1 aromatic heterocycles. The molecule has 2 rings (SSSR count). The second kappa shape index (κ2) is 5.82. The first-order valence-electron chi connectivity index (χ1n) is 6.74. The summed E-state index contributed by atoms with van der Waals surface area (Å²) in [4.78, 5) is 4.42. The molecule has 4 heteroatoms. The van der Waals surface area contributed by atoms with Crippen molar-refractivity contribution in [2.24, 2.45) is 0 Å². The van der Waals surface area contributed by atoms with E-state index in [2.05, 4.69) is 30.2 Å². The fourth-order valence-corrected chi connectivity index (χ4v) is 1.86. The Morgan fingerprint density at radius 2 is 1.90 bits per heavy atom. The van der Waals surface area contributed by atoms with Crippen molar-refractivity contribution in [2.45, 2.75) is 33.8 Å². The first kappa shape index (κ1) is 14.2. The lowest BCUT2D eigenvalue weighted by Crippen LogP contribution is -2.09. The summed E-state index contributed by atoms with van der Waals surface area (Å²) in [5.74, 6) is 1.19. The fourth-order valence-electron chi connectivity index (χ4n) is 1.86. The molecular weight excluding hydrogens is 250 g/mol. The van der Waals surface area contributed by atoms with E-state index in [0.717, 1.165) is 11.5 Å². The van der Waals surface area contributed by atoms with Crippen molar-refractivity contribution >= 4 is 17.2 Å². The van der Waals surface area contributed by atoms with Gasteiger partial charge >= 0.3 is 0 Å². The highest BCUT2D eigenvalue weighted by Gasteiger charge is 2.08. The normalized spacial score (nSPS) is 10.7. The first-order chi connectivity index (χ1) is 9.47. The number of anilines is 3. The van der Waals surface area contributed by atoms with Gasteiger partial charge in [0.15, 0.2) is 0 Å². The van der Waals surface area contributed by atoms with E-state index in [1.165, 1.54) is 11.1 Å². The van der Waals surface area contributed by atoms with Crippen molar-refractivity contribution in [3.05, 3.63) is 41.5 Å². The van der Waals surface area contributed by atoms with Crippen LogP contribution >= 0.6 is 0 Å². The molecule has 0 radical (unpaired) electrons. The molecule has 0 spiro atoms. The maximum Gasteiger partial charge on any atom is 0.239 e. The average Bonchev–Trinajstić information content (AvgIpc) is 2.38. The van der Waals surface area contributed by atoms with Gasteiger partial charge in [-0.3, -0.25) is 0 Å². The highest BCUT2D eigenvalue weighted by molar-refractivity contribution is 5.64. The fraction of sp³-hybridized carbons (Fsp3) is 0.312. The van der Waals surface area contributed by atoms with Gasteiger partial charge in [0.05, 0.1) is 11.8 Å². The van der Waals surface area contributed by atoms with Crippen molar-refractivity contribution in [1.29, 1.82) is 0 Å². The van der Waals surface area contributed by atoms with Crippen molar-refractivity contribution in [1.82, 2.24) is 4.98 Å². The second-order valence-corrected chi connectivity index (χ2v) is 5.13. The number of benzene rings is 1. The number of pyridine rings is 1. The van der Waals surface area contributed by atoms with Gasteiger partial charge in [-0.1, -0.05) is 12.1 Å². The molecule has 0 saturated carbocycles. The minimum atomic E-state index is 0.0424. The number of aryl methyl sites for hydroxylation is 1. The second-order valence-electron chi connectivity index (χ2n) is 5.13. The van der Waals surface area contributed by atoms with Gasteiger partial charge in [0.25, 0.3) is 0 Å². The Kier molecular flexibility index (Phi) is 4.13. The summed E-state index contributed by atoms with van der Waals surface area (Å²) in [6.45, 7) is 8.07. The third-order valence-corrected chi connectivity index (χ3v) is 3.10. The zero-order valence-corrected chi connectivity index (χ0v) is 12.4. The number of nitrogens with zero attached hydrogens (tertiary/aromatic N) is 1. The Balaban J connectivity index is 2.27. The van der Waals surface area contributed by atoms with Crippen molar-refractivity contribution in [2.75, 3.05) is 11.1 Å². The average molecular weight is 271 g/mol. The summed E-state index contributed by atoms with van der Waals surface area (Å²) in [5, 5.41) is 3.31. The Morgan fingerprint density at radius 3 is 2.60 bits per heavy atom. The van der Waals surface area contributed by atoms with Crippen LogP contribution in [0.2, 0.25) is 0 Å². The van der Waals surface area contributed by atoms with E-state index in [-0.39, 0.29) is 6.10 Å². The zero-order valence-electron chi connectivity index (χ0n) is 12.4. The molecule has 20 heavy (non-hydrogen) atoms. The first-order valence-corrected chi connectivity index (χ1v) is 6.74. The van der Waals surface area contributed by atoms with Crippen molar-refractivity contribution in [3.63, 3.8) is 0 Å². The van der Waals surface area contributed by atoms with Crippen molar-refractivity contribution in [3.8, 4) is 5.88 Å². The van der Waals surface area contributed by atoms with E-state index < -0.39 is 0 Å².